The Bertz CT molecular complexity index is 548. The smallest absolute Gasteiger partial charge is 0.243 e. The molecule has 7 heteroatoms. The molecular weight excluding hydrogens is 312 g/mol. The molecular formula is C17H26N2O5. The largest absolute Gasteiger partial charge is 0.493 e. The van der Waals surface area contributed by atoms with Gasteiger partial charge in [-0.25, -0.2) is 5.48 Å². The lowest BCUT2D eigenvalue weighted by Gasteiger charge is -2.14. The Morgan fingerprint density at radius 3 is 2.46 bits per heavy atom. The molecule has 0 saturated carbocycles. The summed E-state index contributed by atoms with van der Waals surface area (Å²) in [5.41, 5.74) is 2.26. The number of carbonyl (C=O) groups is 2. The molecule has 1 aromatic carbocycles. The van der Waals surface area contributed by atoms with Crippen LogP contribution in [0.2, 0.25) is 0 Å². The van der Waals surface area contributed by atoms with Gasteiger partial charge in [-0.15, -0.1) is 0 Å². The lowest BCUT2D eigenvalue weighted by atomic mass is 10.0. The highest BCUT2D eigenvalue weighted by molar-refractivity contribution is 5.92. The van der Waals surface area contributed by atoms with Crippen molar-refractivity contribution in [3.8, 4) is 11.5 Å². The third-order valence-corrected chi connectivity index (χ3v) is 3.76. The van der Waals surface area contributed by atoms with Crippen molar-refractivity contribution in [1.82, 2.24) is 5.48 Å². The molecule has 0 bridgehead atoms. The summed E-state index contributed by atoms with van der Waals surface area (Å²) in [5.74, 6) is 0.593. The van der Waals surface area contributed by atoms with Crippen molar-refractivity contribution < 1.29 is 24.3 Å². The van der Waals surface area contributed by atoms with Crippen molar-refractivity contribution in [2.75, 3.05) is 19.5 Å². The lowest BCUT2D eigenvalue weighted by molar-refractivity contribution is -0.129. The van der Waals surface area contributed by atoms with Crippen LogP contribution in [-0.4, -0.2) is 31.2 Å². The first-order valence-electron chi connectivity index (χ1n) is 7.97. The Hall–Kier alpha value is -2.28. The summed E-state index contributed by atoms with van der Waals surface area (Å²) in [4.78, 5) is 23.1. The van der Waals surface area contributed by atoms with Crippen LogP contribution >= 0.6 is 0 Å². The minimum absolute atomic E-state index is 0.0599. The second-order valence-electron chi connectivity index (χ2n) is 5.59. The van der Waals surface area contributed by atoms with E-state index >= 15 is 0 Å². The number of rotatable bonds is 10. The van der Waals surface area contributed by atoms with Crippen LogP contribution in [0.4, 0.5) is 5.69 Å². The van der Waals surface area contributed by atoms with Crippen LogP contribution in [0.1, 0.15) is 39.0 Å². The maximum Gasteiger partial charge on any atom is 0.243 e. The summed E-state index contributed by atoms with van der Waals surface area (Å²) < 4.78 is 10.4. The number of hydrogen-bond acceptors (Lipinski definition) is 5. The zero-order chi connectivity index (χ0) is 17.9. The van der Waals surface area contributed by atoms with E-state index < -0.39 is 0 Å². The van der Waals surface area contributed by atoms with Crippen molar-refractivity contribution >= 4 is 17.5 Å². The molecule has 0 aliphatic heterocycles. The number of anilines is 1. The quantitative estimate of drug-likeness (QED) is 0.346. The first-order valence-corrected chi connectivity index (χ1v) is 7.97. The van der Waals surface area contributed by atoms with E-state index in [0.717, 1.165) is 19.3 Å². The molecule has 1 rings (SSSR count). The highest BCUT2D eigenvalue weighted by atomic mass is 16.5. The van der Waals surface area contributed by atoms with E-state index in [1.165, 1.54) is 0 Å². The summed E-state index contributed by atoms with van der Waals surface area (Å²) in [7, 11) is 3.10. The van der Waals surface area contributed by atoms with Gasteiger partial charge in [0.05, 0.1) is 14.2 Å². The van der Waals surface area contributed by atoms with Crippen molar-refractivity contribution in [2.45, 2.75) is 39.0 Å². The van der Waals surface area contributed by atoms with Crippen molar-refractivity contribution in [3.05, 3.63) is 18.2 Å². The van der Waals surface area contributed by atoms with Crippen LogP contribution in [-0.2, 0) is 9.59 Å². The maximum absolute atomic E-state index is 12.2. The zero-order valence-electron chi connectivity index (χ0n) is 14.4. The van der Waals surface area contributed by atoms with Crippen LogP contribution in [0.25, 0.3) is 0 Å². The summed E-state index contributed by atoms with van der Waals surface area (Å²) >= 11 is 0. The van der Waals surface area contributed by atoms with Gasteiger partial charge in [0.25, 0.3) is 0 Å². The van der Waals surface area contributed by atoms with Gasteiger partial charge in [-0.05, 0) is 25.0 Å². The Kier molecular flexibility index (Phi) is 8.64. The number of methoxy groups -OCH3 is 2. The molecule has 0 aromatic heterocycles. The van der Waals surface area contributed by atoms with Crippen LogP contribution in [0.5, 0.6) is 11.5 Å². The first kappa shape index (κ1) is 19.8. The van der Waals surface area contributed by atoms with Crippen LogP contribution in [0, 0.1) is 5.92 Å². The van der Waals surface area contributed by atoms with E-state index in [0.29, 0.717) is 30.0 Å². The van der Waals surface area contributed by atoms with E-state index in [2.05, 4.69) is 5.32 Å². The second-order valence-corrected chi connectivity index (χ2v) is 5.59. The fraction of sp³-hybridized carbons (Fsp3) is 0.529. The van der Waals surface area contributed by atoms with E-state index in [1.807, 2.05) is 6.92 Å². The Labute approximate surface area is 142 Å². The standard InChI is InChI=1S/C17H26N2O5/c1-12(7-5-4-6-8-16(20)19-22)17(21)18-13-9-10-14(23-2)15(11-13)24-3/h9-12,22H,4-8H2,1-3H3,(H,18,21)(H,19,20). The fourth-order valence-electron chi connectivity index (χ4n) is 2.28. The van der Waals surface area contributed by atoms with Gasteiger partial charge < -0.3 is 14.8 Å². The summed E-state index contributed by atoms with van der Waals surface area (Å²) in [6, 6.07) is 5.22. The summed E-state index contributed by atoms with van der Waals surface area (Å²) in [6.07, 6.45) is 3.40. The molecule has 0 aliphatic rings. The van der Waals surface area contributed by atoms with Gasteiger partial charge in [0.2, 0.25) is 11.8 Å². The van der Waals surface area contributed by atoms with E-state index in [-0.39, 0.29) is 17.7 Å². The number of benzene rings is 1. The van der Waals surface area contributed by atoms with E-state index in [4.69, 9.17) is 14.7 Å². The highest BCUT2D eigenvalue weighted by Crippen LogP contribution is 2.30. The SMILES string of the molecule is COc1ccc(NC(=O)C(C)CCCCCC(=O)NO)cc1OC. The van der Waals surface area contributed by atoms with Crippen LogP contribution in [0.3, 0.4) is 0 Å². The summed E-state index contributed by atoms with van der Waals surface area (Å²) in [5, 5.41) is 11.3. The highest BCUT2D eigenvalue weighted by Gasteiger charge is 2.14. The average Bonchev–Trinajstić information content (AvgIpc) is 2.60. The molecule has 24 heavy (non-hydrogen) atoms. The number of carbonyl (C=O) groups excluding carboxylic acids is 2. The number of nitrogens with one attached hydrogen (secondary N) is 2. The monoisotopic (exact) mass is 338 g/mol. The fourth-order valence-corrected chi connectivity index (χ4v) is 2.28. The molecule has 1 atom stereocenters. The second kappa shape index (κ2) is 10.5. The van der Waals surface area contributed by atoms with Crippen molar-refractivity contribution in [1.29, 1.82) is 0 Å². The first-order chi connectivity index (χ1) is 11.5. The van der Waals surface area contributed by atoms with Crippen LogP contribution < -0.4 is 20.3 Å². The topological polar surface area (TPSA) is 96.9 Å². The zero-order valence-corrected chi connectivity index (χ0v) is 14.4. The molecule has 0 radical (unpaired) electrons. The van der Waals surface area contributed by atoms with Crippen molar-refractivity contribution in [3.63, 3.8) is 0 Å². The van der Waals surface area contributed by atoms with Gasteiger partial charge in [0.15, 0.2) is 11.5 Å². The molecule has 0 saturated heterocycles. The molecule has 3 N–H and O–H groups in total. The molecule has 1 unspecified atom stereocenters. The molecule has 0 aliphatic carbocycles. The Balaban J connectivity index is 2.40. The Morgan fingerprint density at radius 2 is 1.83 bits per heavy atom. The van der Waals surface area contributed by atoms with Crippen molar-refractivity contribution in [2.24, 2.45) is 5.92 Å². The molecule has 2 amide bonds. The lowest BCUT2D eigenvalue weighted by Crippen LogP contribution is -2.20. The van der Waals surface area contributed by atoms with Gasteiger partial charge in [0, 0.05) is 24.1 Å². The molecule has 0 spiro atoms. The molecule has 134 valence electrons. The van der Waals surface area contributed by atoms with Gasteiger partial charge in [-0.2, -0.15) is 0 Å². The summed E-state index contributed by atoms with van der Waals surface area (Å²) in [6.45, 7) is 1.87. The normalized spacial score (nSPS) is 11.5. The van der Waals surface area contributed by atoms with E-state index in [1.54, 1.807) is 37.9 Å². The van der Waals surface area contributed by atoms with Gasteiger partial charge >= 0.3 is 0 Å². The third-order valence-electron chi connectivity index (χ3n) is 3.76. The number of hydrogen-bond donors (Lipinski definition) is 3. The third kappa shape index (κ3) is 6.45. The maximum atomic E-state index is 12.2. The Morgan fingerprint density at radius 1 is 1.12 bits per heavy atom. The van der Waals surface area contributed by atoms with Gasteiger partial charge in [-0.3, -0.25) is 14.8 Å². The number of unbranched alkanes of at least 4 members (excludes halogenated alkanes) is 2. The van der Waals surface area contributed by atoms with Gasteiger partial charge in [-0.1, -0.05) is 19.8 Å². The predicted octanol–water partition coefficient (Wildman–Crippen LogP) is 2.73. The predicted molar refractivity (Wildman–Crippen MR) is 90.4 cm³/mol. The molecule has 0 heterocycles. The molecule has 0 fully saturated rings. The number of amides is 2. The minimum atomic E-state index is -0.380. The molecule has 1 aromatic rings. The average molecular weight is 338 g/mol. The minimum Gasteiger partial charge on any atom is -0.493 e. The van der Waals surface area contributed by atoms with E-state index in [9.17, 15) is 9.59 Å². The molecule has 7 nitrogen and oxygen atoms in total. The van der Waals surface area contributed by atoms with Gasteiger partial charge in [0.1, 0.15) is 0 Å². The van der Waals surface area contributed by atoms with Crippen LogP contribution in [0.15, 0.2) is 18.2 Å². The number of hydroxylamine groups is 1. The number of ether oxygens (including phenoxy) is 2.